The smallest absolute Gasteiger partial charge is 0.119 e. The van der Waals surface area contributed by atoms with Crippen LogP contribution in [-0.4, -0.2) is 31.1 Å². The van der Waals surface area contributed by atoms with Gasteiger partial charge in [0, 0.05) is 19.6 Å². The molecule has 0 radical (unpaired) electrons. The fourth-order valence-corrected chi connectivity index (χ4v) is 2.96. The third-order valence-electron chi connectivity index (χ3n) is 4.24. The van der Waals surface area contributed by atoms with E-state index in [-0.39, 0.29) is 0 Å². The van der Waals surface area contributed by atoms with Crippen LogP contribution in [0, 0.1) is 0 Å². The first kappa shape index (κ1) is 15.1. The molecule has 2 aromatic carbocycles. The highest BCUT2D eigenvalue weighted by atomic mass is 16.5. The molecule has 2 aromatic rings. The second kappa shape index (κ2) is 7.43. The van der Waals surface area contributed by atoms with Crippen molar-refractivity contribution in [1.29, 1.82) is 0 Å². The molecule has 0 fully saturated rings. The highest BCUT2D eigenvalue weighted by Crippen LogP contribution is 2.18. The largest absolute Gasteiger partial charge is 0.492 e. The zero-order chi connectivity index (χ0) is 15.2. The van der Waals surface area contributed by atoms with E-state index in [1.54, 1.807) is 0 Å². The molecule has 0 bridgehead atoms. The van der Waals surface area contributed by atoms with Crippen molar-refractivity contribution in [3.05, 3.63) is 65.2 Å². The number of nitrogens with two attached hydrogens (primary N) is 1. The number of rotatable bonds is 6. The molecule has 0 unspecified atom stereocenters. The Morgan fingerprint density at radius 2 is 1.77 bits per heavy atom. The van der Waals surface area contributed by atoms with Gasteiger partial charge in [0.05, 0.1) is 0 Å². The Kier molecular flexibility index (Phi) is 5.09. The minimum absolute atomic E-state index is 0.691. The normalized spacial score (nSPS) is 14.6. The van der Waals surface area contributed by atoms with Crippen molar-refractivity contribution in [3.63, 3.8) is 0 Å². The molecule has 0 aromatic heterocycles. The van der Waals surface area contributed by atoms with E-state index in [2.05, 4.69) is 41.3 Å². The average Bonchev–Trinajstić information content (AvgIpc) is 2.57. The quantitative estimate of drug-likeness (QED) is 0.890. The van der Waals surface area contributed by atoms with Gasteiger partial charge in [-0.3, -0.25) is 4.90 Å². The molecule has 1 aliphatic heterocycles. The molecule has 116 valence electrons. The van der Waals surface area contributed by atoms with E-state index in [9.17, 15) is 0 Å². The molecule has 0 aliphatic carbocycles. The van der Waals surface area contributed by atoms with Crippen LogP contribution in [-0.2, 0) is 19.4 Å². The monoisotopic (exact) mass is 296 g/mol. The van der Waals surface area contributed by atoms with Crippen LogP contribution in [0.25, 0.3) is 0 Å². The summed E-state index contributed by atoms with van der Waals surface area (Å²) in [6.45, 7) is 4.55. The molecule has 2 N–H and O–H groups in total. The summed E-state index contributed by atoms with van der Waals surface area (Å²) in [5.74, 6) is 0.943. The molecule has 0 spiro atoms. The summed E-state index contributed by atoms with van der Waals surface area (Å²) in [6.07, 6.45) is 2.07. The van der Waals surface area contributed by atoms with Crippen molar-refractivity contribution < 1.29 is 4.74 Å². The van der Waals surface area contributed by atoms with E-state index in [0.29, 0.717) is 6.54 Å². The summed E-state index contributed by atoms with van der Waals surface area (Å²) in [5.41, 5.74) is 9.78. The number of hydrogen-bond acceptors (Lipinski definition) is 3. The molecular formula is C19H24N2O. The van der Waals surface area contributed by atoms with Gasteiger partial charge < -0.3 is 10.5 Å². The zero-order valence-electron chi connectivity index (χ0n) is 13.0. The van der Waals surface area contributed by atoms with Crippen molar-refractivity contribution in [2.45, 2.75) is 19.4 Å². The molecule has 1 heterocycles. The number of nitrogens with zero attached hydrogens (tertiary/aromatic N) is 1. The Labute approximate surface area is 132 Å². The van der Waals surface area contributed by atoms with E-state index in [1.807, 2.05) is 12.1 Å². The lowest BCUT2D eigenvalue weighted by Crippen LogP contribution is -2.33. The van der Waals surface area contributed by atoms with E-state index < -0.39 is 0 Å². The molecule has 1 aliphatic rings. The van der Waals surface area contributed by atoms with Gasteiger partial charge in [-0.15, -0.1) is 0 Å². The predicted molar refractivity (Wildman–Crippen MR) is 90.1 cm³/mol. The lowest BCUT2D eigenvalue weighted by molar-refractivity contribution is 0.196. The molecule has 0 amide bonds. The third-order valence-corrected chi connectivity index (χ3v) is 4.24. The maximum absolute atomic E-state index is 5.86. The first-order valence-electron chi connectivity index (χ1n) is 8.06. The first-order chi connectivity index (χ1) is 10.8. The van der Waals surface area contributed by atoms with Crippen molar-refractivity contribution >= 4 is 0 Å². The molecular weight excluding hydrogens is 272 g/mol. The topological polar surface area (TPSA) is 38.5 Å². The summed E-state index contributed by atoms with van der Waals surface area (Å²) in [4.78, 5) is 2.46. The fraction of sp³-hybridized carbons (Fsp3) is 0.368. The van der Waals surface area contributed by atoms with Crippen LogP contribution in [0.3, 0.4) is 0 Å². The van der Waals surface area contributed by atoms with Gasteiger partial charge in [-0.2, -0.15) is 0 Å². The van der Waals surface area contributed by atoms with Gasteiger partial charge in [0.25, 0.3) is 0 Å². The van der Waals surface area contributed by atoms with Gasteiger partial charge >= 0.3 is 0 Å². The van der Waals surface area contributed by atoms with Gasteiger partial charge in [0.15, 0.2) is 0 Å². The van der Waals surface area contributed by atoms with Crippen LogP contribution in [0.1, 0.15) is 16.7 Å². The Morgan fingerprint density at radius 1 is 1.00 bits per heavy atom. The van der Waals surface area contributed by atoms with Crippen molar-refractivity contribution in [3.8, 4) is 5.75 Å². The average molecular weight is 296 g/mol. The van der Waals surface area contributed by atoms with Crippen LogP contribution >= 0.6 is 0 Å². The minimum Gasteiger partial charge on any atom is -0.492 e. The lowest BCUT2D eigenvalue weighted by atomic mass is 10.0. The number of benzene rings is 2. The highest BCUT2D eigenvalue weighted by molar-refractivity contribution is 5.29. The van der Waals surface area contributed by atoms with Crippen LogP contribution in [0.15, 0.2) is 48.5 Å². The Bertz CT molecular complexity index is 595. The van der Waals surface area contributed by atoms with Gasteiger partial charge in [-0.1, -0.05) is 36.4 Å². The van der Waals surface area contributed by atoms with E-state index in [0.717, 1.165) is 44.8 Å². The van der Waals surface area contributed by atoms with Crippen LogP contribution < -0.4 is 10.5 Å². The summed E-state index contributed by atoms with van der Waals surface area (Å²) in [7, 11) is 0. The second-order valence-corrected chi connectivity index (χ2v) is 5.83. The summed E-state index contributed by atoms with van der Waals surface area (Å²) >= 11 is 0. The number of ether oxygens (including phenoxy) is 1. The first-order valence-corrected chi connectivity index (χ1v) is 8.06. The zero-order valence-corrected chi connectivity index (χ0v) is 13.0. The van der Waals surface area contributed by atoms with Crippen LogP contribution in [0.5, 0.6) is 5.75 Å². The minimum atomic E-state index is 0.691. The number of hydrogen-bond donors (Lipinski definition) is 1. The van der Waals surface area contributed by atoms with E-state index in [1.165, 1.54) is 16.7 Å². The van der Waals surface area contributed by atoms with Crippen LogP contribution in [0.4, 0.5) is 0 Å². The summed E-state index contributed by atoms with van der Waals surface area (Å²) < 4.78 is 5.86. The van der Waals surface area contributed by atoms with Crippen molar-refractivity contribution in [2.75, 3.05) is 26.2 Å². The molecule has 0 saturated carbocycles. The Balaban J connectivity index is 1.46. The molecule has 22 heavy (non-hydrogen) atoms. The number of fused-ring (bicyclic) bond motifs is 1. The fourth-order valence-electron chi connectivity index (χ4n) is 2.96. The predicted octanol–water partition coefficient (Wildman–Crippen LogP) is 2.62. The maximum Gasteiger partial charge on any atom is 0.119 e. The lowest BCUT2D eigenvalue weighted by Gasteiger charge is -2.28. The van der Waals surface area contributed by atoms with Crippen molar-refractivity contribution in [2.24, 2.45) is 5.73 Å². The molecule has 3 rings (SSSR count). The van der Waals surface area contributed by atoms with Crippen molar-refractivity contribution in [1.82, 2.24) is 4.90 Å². The van der Waals surface area contributed by atoms with Crippen LogP contribution in [0.2, 0.25) is 0 Å². The summed E-state index contributed by atoms with van der Waals surface area (Å²) in [5, 5.41) is 0. The summed E-state index contributed by atoms with van der Waals surface area (Å²) in [6, 6.07) is 17.0. The molecule has 0 atom stereocenters. The Hall–Kier alpha value is -1.84. The maximum atomic E-state index is 5.86. The van der Waals surface area contributed by atoms with Gasteiger partial charge in [0.1, 0.15) is 12.4 Å². The van der Waals surface area contributed by atoms with Gasteiger partial charge in [0.2, 0.25) is 0 Å². The molecule has 0 saturated heterocycles. The van der Waals surface area contributed by atoms with Gasteiger partial charge in [-0.05, 0) is 48.2 Å². The van der Waals surface area contributed by atoms with E-state index in [4.69, 9.17) is 10.5 Å². The third kappa shape index (κ3) is 3.87. The Morgan fingerprint density at radius 3 is 2.55 bits per heavy atom. The standard InChI is InChI=1S/C19H24N2O/c20-11-9-16-5-7-19(8-6-16)22-14-13-21-12-10-17-3-1-2-4-18(17)15-21/h1-8H,9-15,20H2. The second-order valence-electron chi connectivity index (χ2n) is 5.83. The highest BCUT2D eigenvalue weighted by Gasteiger charge is 2.15. The SMILES string of the molecule is NCCc1ccc(OCCN2CCc3ccccc3C2)cc1. The molecule has 3 nitrogen and oxygen atoms in total. The molecule has 3 heteroatoms. The van der Waals surface area contributed by atoms with Gasteiger partial charge in [-0.25, -0.2) is 0 Å². The van der Waals surface area contributed by atoms with E-state index >= 15 is 0 Å².